The molecule has 6 nitrogen and oxygen atoms in total. The summed E-state index contributed by atoms with van der Waals surface area (Å²) < 4.78 is 26.4. The molecular formula is C20H19N2O4S2-. The molecule has 1 heterocycles. The van der Waals surface area contributed by atoms with Crippen LogP contribution in [0.15, 0.2) is 69.5 Å². The lowest BCUT2D eigenvalue weighted by atomic mass is 10.2. The number of nitrogens with zero attached hydrogens (tertiary/aromatic N) is 1. The Morgan fingerprint density at radius 1 is 1.14 bits per heavy atom. The Morgan fingerprint density at radius 3 is 2.36 bits per heavy atom. The maximum absolute atomic E-state index is 13.2. The number of hydrogen-bond acceptors (Lipinski definition) is 6. The molecule has 1 N–H and O–H groups in total. The number of nitrogens with one attached hydrogen (secondary N) is 1. The van der Waals surface area contributed by atoms with E-state index in [9.17, 15) is 18.3 Å². The molecule has 8 heteroatoms. The van der Waals surface area contributed by atoms with Crippen molar-refractivity contribution in [3.8, 4) is 11.4 Å². The van der Waals surface area contributed by atoms with Gasteiger partial charge in [0.25, 0.3) is 0 Å². The van der Waals surface area contributed by atoms with Crippen LogP contribution in [0.2, 0.25) is 0 Å². The van der Waals surface area contributed by atoms with E-state index in [4.69, 9.17) is 0 Å². The monoisotopic (exact) mass is 415 g/mol. The molecule has 28 heavy (non-hydrogen) atoms. The SMILES string of the molecule is CCC(Sc1nc(-c2ccccc2)[nH]c1S(=O)(=O)c1ccc(C)cc1)C(=O)[O-]. The summed E-state index contributed by atoms with van der Waals surface area (Å²) in [4.78, 5) is 18.8. The van der Waals surface area contributed by atoms with E-state index in [0.29, 0.717) is 11.4 Å². The number of aromatic nitrogens is 2. The van der Waals surface area contributed by atoms with Gasteiger partial charge in [0, 0.05) is 5.56 Å². The van der Waals surface area contributed by atoms with Gasteiger partial charge in [-0.3, -0.25) is 0 Å². The number of carbonyl (C=O) groups is 1. The molecule has 0 amide bonds. The first-order valence-electron chi connectivity index (χ1n) is 8.67. The van der Waals surface area contributed by atoms with Gasteiger partial charge >= 0.3 is 0 Å². The van der Waals surface area contributed by atoms with Gasteiger partial charge in [-0.25, -0.2) is 13.4 Å². The highest BCUT2D eigenvalue weighted by Crippen LogP contribution is 2.34. The number of thioether (sulfide) groups is 1. The Kier molecular flexibility index (Phi) is 5.90. The third-order valence-corrected chi connectivity index (χ3v) is 7.36. The minimum atomic E-state index is -3.91. The van der Waals surface area contributed by atoms with E-state index < -0.39 is 21.1 Å². The number of imidazole rings is 1. The topological polar surface area (TPSA) is 103 Å². The van der Waals surface area contributed by atoms with Crippen LogP contribution in [-0.4, -0.2) is 29.6 Å². The second-order valence-corrected chi connectivity index (χ2v) is 9.31. The number of sulfone groups is 1. The van der Waals surface area contributed by atoms with Gasteiger partial charge in [-0.1, -0.05) is 66.7 Å². The average Bonchev–Trinajstić information content (AvgIpc) is 3.12. The van der Waals surface area contributed by atoms with Crippen LogP contribution in [0.5, 0.6) is 0 Å². The van der Waals surface area contributed by atoms with Crippen LogP contribution in [0.3, 0.4) is 0 Å². The number of carboxylic acid groups (broad SMARTS) is 1. The van der Waals surface area contributed by atoms with E-state index in [-0.39, 0.29) is 21.4 Å². The highest BCUT2D eigenvalue weighted by molar-refractivity contribution is 8.01. The summed E-state index contributed by atoms with van der Waals surface area (Å²) in [5.74, 6) is -0.891. The fraction of sp³-hybridized carbons (Fsp3) is 0.200. The molecule has 0 aliphatic rings. The van der Waals surface area contributed by atoms with E-state index in [2.05, 4.69) is 9.97 Å². The minimum absolute atomic E-state index is 0.111. The van der Waals surface area contributed by atoms with E-state index in [1.807, 2.05) is 25.1 Å². The molecule has 0 aliphatic carbocycles. The van der Waals surface area contributed by atoms with Gasteiger partial charge in [0.2, 0.25) is 9.84 Å². The third-order valence-electron chi connectivity index (χ3n) is 4.17. The number of carbonyl (C=O) groups excluding carboxylic acids is 1. The smallest absolute Gasteiger partial charge is 0.224 e. The number of aryl methyl sites for hydroxylation is 1. The van der Waals surface area contributed by atoms with Crippen molar-refractivity contribution in [3.63, 3.8) is 0 Å². The molecule has 1 unspecified atom stereocenters. The molecule has 0 spiro atoms. The fourth-order valence-corrected chi connectivity index (χ4v) is 5.15. The quantitative estimate of drug-likeness (QED) is 0.595. The van der Waals surface area contributed by atoms with Crippen LogP contribution in [0.4, 0.5) is 0 Å². The van der Waals surface area contributed by atoms with Crippen LogP contribution in [0, 0.1) is 6.92 Å². The second kappa shape index (κ2) is 8.20. The third kappa shape index (κ3) is 4.13. The van der Waals surface area contributed by atoms with Crippen molar-refractivity contribution in [3.05, 3.63) is 60.2 Å². The summed E-state index contributed by atoms with van der Waals surface area (Å²) >= 11 is 0.880. The molecule has 0 saturated heterocycles. The summed E-state index contributed by atoms with van der Waals surface area (Å²) in [6.45, 7) is 3.57. The molecule has 0 aliphatic heterocycles. The Hall–Kier alpha value is -2.58. The van der Waals surface area contributed by atoms with Gasteiger partial charge in [-0.15, -0.1) is 0 Å². The number of carboxylic acids is 1. The lowest BCUT2D eigenvalue weighted by molar-refractivity contribution is -0.304. The highest BCUT2D eigenvalue weighted by Gasteiger charge is 2.28. The van der Waals surface area contributed by atoms with E-state index in [1.54, 1.807) is 31.2 Å². The van der Waals surface area contributed by atoms with Crippen LogP contribution in [0.25, 0.3) is 11.4 Å². The molecule has 3 rings (SSSR count). The van der Waals surface area contributed by atoms with E-state index in [0.717, 1.165) is 17.3 Å². The lowest BCUT2D eigenvalue weighted by Crippen LogP contribution is -2.33. The summed E-state index contributed by atoms with van der Waals surface area (Å²) in [6, 6.07) is 15.5. The predicted octanol–water partition coefficient (Wildman–Crippen LogP) is 2.84. The number of benzene rings is 2. The Labute approximate surface area is 168 Å². The van der Waals surface area contributed by atoms with Gasteiger partial charge in [0.1, 0.15) is 10.9 Å². The largest absolute Gasteiger partial charge is 0.549 e. The van der Waals surface area contributed by atoms with Crippen molar-refractivity contribution in [1.29, 1.82) is 0 Å². The van der Waals surface area contributed by atoms with E-state index >= 15 is 0 Å². The van der Waals surface area contributed by atoms with Crippen LogP contribution in [-0.2, 0) is 14.6 Å². The van der Waals surface area contributed by atoms with Crippen LogP contribution < -0.4 is 5.11 Å². The predicted molar refractivity (Wildman–Crippen MR) is 106 cm³/mol. The van der Waals surface area contributed by atoms with Crippen molar-refractivity contribution in [2.24, 2.45) is 0 Å². The van der Waals surface area contributed by atoms with Gasteiger partial charge in [-0.2, -0.15) is 0 Å². The molecule has 0 fully saturated rings. The first-order valence-corrected chi connectivity index (χ1v) is 11.0. The number of rotatable bonds is 7. The minimum Gasteiger partial charge on any atom is -0.549 e. The van der Waals surface area contributed by atoms with Crippen LogP contribution in [0.1, 0.15) is 18.9 Å². The molecule has 3 aromatic rings. The standard InChI is InChI=1S/C20H20N2O4S2/c1-3-16(20(23)24)27-18-19(22-17(21-18)14-7-5-4-6-8-14)28(25,26)15-11-9-13(2)10-12-15/h4-12,16H,3H2,1-2H3,(H,21,22)(H,23,24)/p-1. The Balaban J connectivity index is 2.13. The van der Waals surface area contributed by atoms with Crippen molar-refractivity contribution in [2.45, 2.75) is 40.5 Å². The van der Waals surface area contributed by atoms with E-state index in [1.165, 1.54) is 12.1 Å². The molecular weight excluding hydrogens is 396 g/mol. The maximum atomic E-state index is 13.2. The zero-order chi connectivity index (χ0) is 20.3. The molecule has 0 radical (unpaired) electrons. The fourth-order valence-electron chi connectivity index (χ4n) is 2.60. The number of H-pyrrole nitrogens is 1. The summed E-state index contributed by atoms with van der Waals surface area (Å²) in [7, 11) is -3.91. The van der Waals surface area contributed by atoms with Gasteiger partial charge in [-0.05, 0) is 25.5 Å². The number of aromatic amines is 1. The molecule has 1 atom stereocenters. The van der Waals surface area contributed by atoms with Gasteiger partial charge in [0.05, 0.1) is 16.1 Å². The Morgan fingerprint density at radius 2 is 1.79 bits per heavy atom. The molecule has 1 aromatic heterocycles. The van der Waals surface area contributed by atoms with Crippen LogP contribution >= 0.6 is 11.8 Å². The summed E-state index contributed by atoms with van der Waals surface area (Å²) in [6.07, 6.45) is 0.282. The number of hydrogen-bond donors (Lipinski definition) is 1. The summed E-state index contributed by atoms with van der Waals surface area (Å²) in [5.41, 5.74) is 1.64. The lowest BCUT2D eigenvalue weighted by Gasteiger charge is -2.14. The summed E-state index contributed by atoms with van der Waals surface area (Å²) in [5, 5.41) is 10.5. The Bertz CT molecular complexity index is 1080. The molecule has 2 aromatic carbocycles. The number of aliphatic carboxylic acids is 1. The molecule has 0 saturated carbocycles. The first-order chi connectivity index (χ1) is 13.3. The molecule has 0 bridgehead atoms. The molecule has 146 valence electrons. The van der Waals surface area contributed by atoms with Crippen molar-refractivity contribution in [2.75, 3.05) is 0 Å². The second-order valence-electron chi connectivity index (χ2n) is 6.24. The highest BCUT2D eigenvalue weighted by atomic mass is 32.2. The van der Waals surface area contributed by atoms with Crippen molar-refractivity contribution < 1.29 is 18.3 Å². The average molecular weight is 416 g/mol. The zero-order valence-electron chi connectivity index (χ0n) is 15.4. The maximum Gasteiger partial charge on any atom is 0.224 e. The van der Waals surface area contributed by atoms with Crippen molar-refractivity contribution >= 4 is 27.6 Å². The van der Waals surface area contributed by atoms with Gasteiger partial charge in [0.15, 0.2) is 5.03 Å². The zero-order valence-corrected chi connectivity index (χ0v) is 17.0. The van der Waals surface area contributed by atoms with Gasteiger partial charge < -0.3 is 14.9 Å². The first kappa shape index (κ1) is 20.2. The van der Waals surface area contributed by atoms with Crippen molar-refractivity contribution in [1.82, 2.24) is 9.97 Å². The normalized spacial score (nSPS) is 12.6.